The van der Waals surface area contributed by atoms with Gasteiger partial charge in [0.2, 0.25) is 0 Å². The van der Waals surface area contributed by atoms with Crippen molar-refractivity contribution in [1.29, 1.82) is 0 Å². The fraction of sp³-hybridized carbons (Fsp3) is 0.455. The quantitative estimate of drug-likeness (QED) is 0.210. The number of hydrogen-bond donors (Lipinski definition) is 1. The van der Waals surface area contributed by atoms with Gasteiger partial charge in [0.1, 0.15) is 11.4 Å². The lowest BCUT2D eigenvalue weighted by Crippen LogP contribution is -2.32. The molecule has 0 aromatic heterocycles. The highest BCUT2D eigenvalue weighted by Gasteiger charge is 2.20. The molecule has 0 saturated carbocycles. The van der Waals surface area contributed by atoms with Gasteiger partial charge in [0, 0.05) is 43.2 Å². The Hall–Kier alpha value is -2.94. The molecule has 1 amide bonds. The average Bonchev–Trinajstić information content (AvgIpc) is 2.61. The van der Waals surface area contributed by atoms with Gasteiger partial charge in [-0.3, -0.25) is 0 Å². The van der Waals surface area contributed by atoms with Crippen LogP contribution in [0.4, 0.5) is 10.5 Å². The molecule has 28 heavy (non-hydrogen) atoms. The summed E-state index contributed by atoms with van der Waals surface area (Å²) in [5, 5.41) is 2.59. The first kappa shape index (κ1) is 21.4. The maximum Gasteiger partial charge on any atom is 0.407 e. The van der Waals surface area contributed by atoms with Crippen LogP contribution in [0.5, 0.6) is 5.75 Å². The van der Waals surface area contributed by atoms with Gasteiger partial charge in [0.15, 0.2) is 0 Å². The van der Waals surface area contributed by atoms with Gasteiger partial charge < -0.3 is 19.7 Å². The molecule has 0 spiro atoms. The zero-order chi connectivity index (χ0) is 20.6. The third-order valence-corrected chi connectivity index (χ3v) is 3.96. The Kier molecular flexibility index (Phi) is 7.51. The van der Waals surface area contributed by atoms with Crippen molar-refractivity contribution in [3.63, 3.8) is 0 Å². The molecule has 0 aliphatic carbocycles. The Morgan fingerprint density at radius 3 is 2.86 bits per heavy atom. The Morgan fingerprint density at radius 1 is 1.36 bits per heavy atom. The van der Waals surface area contributed by atoms with Gasteiger partial charge in [-0.25, -0.2) is 9.59 Å². The van der Waals surface area contributed by atoms with E-state index in [4.69, 9.17) is 9.47 Å². The van der Waals surface area contributed by atoms with Gasteiger partial charge in [-0.1, -0.05) is 18.1 Å². The van der Waals surface area contributed by atoms with E-state index in [1.165, 1.54) is 0 Å². The minimum absolute atomic E-state index is 0.298. The average molecular weight is 384 g/mol. The van der Waals surface area contributed by atoms with Crippen LogP contribution in [0.2, 0.25) is 0 Å². The minimum Gasteiger partial charge on any atom is -0.444 e. The first-order valence-corrected chi connectivity index (χ1v) is 9.45. The Morgan fingerprint density at radius 2 is 2.14 bits per heavy atom. The fourth-order valence-corrected chi connectivity index (χ4v) is 2.91. The SMILES string of the molecule is C=CCN1CCCc2c(OC(=O)C#CCCNC(=O)OC(C)(C)C)cccc21. The third-order valence-electron chi connectivity index (χ3n) is 3.96. The number of amides is 1. The highest BCUT2D eigenvalue weighted by atomic mass is 16.6. The smallest absolute Gasteiger partial charge is 0.407 e. The van der Waals surface area contributed by atoms with Crippen LogP contribution in [0, 0.1) is 11.8 Å². The fourth-order valence-electron chi connectivity index (χ4n) is 2.91. The molecule has 1 N–H and O–H groups in total. The van der Waals surface area contributed by atoms with Crippen LogP contribution in [0.3, 0.4) is 0 Å². The molecule has 0 fully saturated rings. The largest absolute Gasteiger partial charge is 0.444 e. The van der Waals surface area contributed by atoms with Crippen molar-refractivity contribution in [2.24, 2.45) is 0 Å². The topological polar surface area (TPSA) is 67.9 Å². The lowest BCUT2D eigenvalue weighted by molar-refractivity contribution is -0.128. The first-order valence-electron chi connectivity index (χ1n) is 9.45. The first-order chi connectivity index (χ1) is 13.3. The van der Waals surface area contributed by atoms with Gasteiger partial charge in [-0.2, -0.15) is 0 Å². The van der Waals surface area contributed by atoms with Gasteiger partial charge in [-0.05, 0) is 45.7 Å². The number of ether oxygens (including phenoxy) is 2. The van der Waals surface area contributed by atoms with E-state index in [-0.39, 0.29) is 0 Å². The molecular weight excluding hydrogens is 356 g/mol. The number of nitrogens with zero attached hydrogens (tertiary/aromatic N) is 1. The number of anilines is 1. The minimum atomic E-state index is -0.605. The van der Waals surface area contributed by atoms with Crippen molar-refractivity contribution in [2.75, 3.05) is 24.5 Å². The number of benzene rings is 1. The monoisotopic (exact) mass is 384 g/mol. The van der Waals surface area contributed by atoms with Crippen molar-refractivity contribution < 1.29 is 19.1 Å². The summed E-state index contributed by atoms with van der Waals surface area (Å²) in [6, 6.07) is 5.70. The summed E-state index contributed by atoms with van der Waals surface area (Å²) >= 11 is 0. The van der Waals surface area contributed by atoms with E-state index in [2.05, 4.69) is 28.6 Å². The molecule has 1 heterocycles. The predicted molar refractivity (Wildman–Crippen MR) is 109 cm³/mol. The number of carbonyl (C=O) groups is 2. The van der Waals surface area contributed by atoms with Crippen LogP contribution in [0.25, 0.3) is 0 Å². The van der Waals surface area contributed by atoms with E-state index in [1.807, 2.05) is 18.2 Å². The second-order valence-electron chi connectivity index (χ2n) is 7.46. The number of alkyl carbamates (subject to hydrolysis) is 1. The van der Waals surface area contributed by atoms with Crippen LogP contribution in [0.1, 0.15) is 39.2 Å². The van der Waals surface area contributed by atoms with Crippen molar-refractivity contribution in [3.05, 3.63) is 36.4 Å². The van der Waals surface area contributed by atoms with Crippen molar-refractivity contribution in [1.82, 2.24) is 5.32 Å². The second-order valence-corrected chi connectivity index (χ2v) is 7.46. The van der Waals surface area contributed by atoms with E-state index < -0.39 is 17.7 Å². The number of nitrogens with one attached hydrogen (secondary N) is 1. The molecule has 0 unspecified atom stereocenters. The third kappa shape index (κ3) is 6.66. The molecule has 0 atom stereocenters. The van der Waals surface area contributed by atoms with Crippen LogP contribution in [-0.4, -0.2) is 37.3 Å². The van der Waals surface area contributed by atoms with E-state index in [1.54, 1.807) is 26.8 Å². The summed E-state index contributed by atoms with van der Waals surface area (Å²) in [5.41, 5.74) is 1.55. The van der Waals surface area contributed by atoms with E-state index in [9.17, 15) is 9.59 Å². The van der Waals surface area contributed by atoms with E-state index >= 15 is 0 Å². The number of carbonyl (C=O) groups excluding carboxylic acids is 2. The Labute approximate surface area is 166 Å². The molecule has 1 aromatic carbocycles. The molecule has 6 heteroatoms. The molecule has 0 radical (unpaired) electrons. The summed E-state index contributed by atoms with van der Waals surface area (Å²) in [6.45, 7) is 11.2. The van der Waals surface area contributed by atoms with Gasteiger partial charge in [0.05, 0.1) is 0 Å². The summed E-state index contributed by atoms with van der Waals surface area (Å²) in [4.78, 5) is 25.8. The molecule has 1 aliphatic rings. The maximum absolute atomic E-state index is 12.1. The lowest BCUT2D eigenvalue weighted by Gasteiger charge is -2.31. The van der Waals surface area contributed by atoms with Gasteiger partial charge in [-0.15, -0.1) is 6.58 Å². The molecular formula is C22H28N2O4. The number of esters is 1. The molecule has 1 aliphatic heterocycles. The van der Waals surface area contributed by atoms with Crippen molar-refractivity contribution in [3.8, 4) is 17.6 Å². The summed E-state index contributed by atoms with van der Waals surface area (Å²) in [6.07, 6.45) is 3.55. The number of fused-ring (bicyclic) bond motifs is 1. The molecule has 2 rings (SSSR count). The number of rotatable bonds is 5. The number of hydrogen-bond acceptors (Lipinski definition) is 5. The zero-order valence-electron chi connectivity index (χ0n) is 16.8. The zero-order valence-corrected chi connectivity index (χ0v) is 16.8. The summed E-state index contributed by atoms with van der Waals surface area (Å²) in [5.74, 6) is 5.13. The van der Waals surface area contributed by atoms with E-state index in [0.29, 0.717) is 18.7 Å². The van der Waals surface area contributed by atoms with Crippen molar-refractivity contribution >= 4 is 17.7 Å². The maximum atomic E-state index is 12.1. The van der Waals surface area contributed by atoms with Crippen LogP contribution in [-0.2, 0) is 16.0 Å². The van der Waals surface area contributed by atoms with Crippen LogP contribution in [0.15, 0.2) is 30.9 Å². The molecule has 1 aromatic rings. The lowest BCUT2D eigenvalue weighted by atomic mass is 10.0. The normalized spacial score (nSPS) is 12.9. The van der Waals surface area contributed by atoms with Gasteiger partial charge >= 0.3 is 12.1 Å². The molecule has 6 nitrogen and oxygen atoms in total. The highest BCUT2D eigenvalue weighted by Crippen LogP contribution is 2.34. The van der Waals surface area contributed by atoms with Crippen LogP contribution >= 0.6 is 0 Å². The van der Waals surface area contributed by atoms with Crippen molar-refractivity contribution in [2.45, 2.75) is 45.6 Å². The van der Waals surface area contributed by atoms with Gasteiger partial charge in [0.25, 0.3) is 0 Å². The Balaban J connectivity index is 1.88. The van der Waals surface area contributed by atoms with E-state index in [0.717, 1.165) is 37.2 Å². The molecule has 150 valence electrons. The second kappa shape index (κ2) is 9.84. The molecule has 0 bridgehead atoms. The summed E-state index contributed by atoms with van der Waals surface area (Å²) in [7, 11) is 0. The molecule has 0 saturated heterocycles. The standard InChI is InChI=1S/C22H28N2O4/c1-5-15-24-16-9-10-17-18(24)11-8-12-19(17)27-20(25)13-6-7-14-23-21(26)28-22(2,3)4/h5,8,11-12H,1,7,9-10,14-16H2,2-4H3,(H,23,26). The summed E-state index contributed by atoms with van der Waals surface area (Å²) < 4.78 is 10.6. The Bertz CT molecular complexity index is 784. The predicted octanol–water partition coefficient (Wildman–Crippen LogP) is 3.45. The van der Waals surface area contributed by atoms with Crippen LogP contribution < -0.4 is 15.0 Å². The highest BCUT2D eigenvalue weighted by molar-refractivity contribution is 5.90.